The minimum absolute atomic E-state index is 0.102. The van der Waals surface area contributed by atoms with Crippen LogP contribution in [0.1, 0.15) is 5.56 Å². The Hall–Kier alpha value is -1.27. The van der Waals surface area contributed by atoms with Crippen LogP contribution in [0.15, 0.2) is 27.8 Å². The number of oxime groups is 1. The zero-order chi connectivity index (χ0) is 12.3. The van der Waals surface area contributed by atoms with E-state index in [4.69, 9.17) is 15.7 Å². The van der Waals surface area contributed by atoms with Crippen molar-refractivity contribution in [2.75, 3.05) is 31.2 Å². The SMILES string of the molecule is N/C(=N/O)c1ccc(N2CCOCC2)cc1Br. The zero-order valence-electron chi connectivity index (χ0n) is 9.27. The van der Waals surface area contributed by atoms with Gasteiger partial charge in [-0.2, -0.15) is 0 Å². The Labute approximate surface area is 108 Å². The molecule has 1 aromatic carbocycles. The third-order valence-corrected chi connectivity index (χ3v) is 3.37. The van der Waals surface area contributed by atoms with Gasteiger partial charge in [-0.25, -0.2) is 0 Å². The van der Waals surface area contributed by atoms with E-state index in [-0.39, 0.29) is 5.84 Å². The summed E-state index contributed by atoms with van der Waals surface area (Å²) in [7, 11) is 0. The van der Waals surface area contributed by atoms with Crippen LogP contribution in [0.3, 0.4) is 0 Å². The second-order valence-corrected chi connectivity index (χ2v) is 4.60. The molecule has 6 heteroatoms. The quantitative estimate of drug-likeness (QED) is 0.375. The Morgan fingerprint density at radius 2 is 2.12 bits per heavy atom. The molecule has 1 heterocycles. The average molecular weight is 300 g/mol. The van der Waals surface area contributed by atoms with E-state index < -0.39 is 0 Å². The van der Waals surface area contributed by atoms with Crippen molar-refractivity contribution < 1.29 is 9.94 Å². The van der Waals surface area contributed by atoms with Gasteiger partial charge in [0.2, 0.25) is 0 Å². The number of hydrogen-bond donors (Lipinski definition) is 2. The van der Waals surface area contributed by atoms with Gasteiger partial charge in [0.05, 0.1) is 13.2 Å². The second kappa shape index (κ2) is 5.37. The Bertz CT molecular complexity index is 431. The topological polar surface area (TPSA) is 71.1 Å². The largest absolute Gasteiger partial charge is 0.409 e. The van der Waals surface area contributed by atoms with Gasteiger partial charge in [-0.3, -0.25) is 0 Å². The van der Waals surface area contributed by atoms with Gasteiger partial charge in [-0.15, -0.1) is 0 Å². The highest BCUT2D eigenvalue weighted by molar-refractivity contribution is 9.10. The van der Waals surface area contributed by atoms with Crippen LogP contribution in [0.4, 0.5) is 5.69 Å². The first-order chi connectivity index (χ1) is 8.22. The maximum atomic E-state index is 8.65. The van der Waals surface area contributed by atoms with E-state index in [0.29, 0.717) is 5.56 Å². The maximum absolute atomic E-state index is 8.65. The van der Waals surface area contributed by atoms with E-state index in [2.05, 4.69) is 26.0 Å². The minimum atomic E-state index is 0.102. The molecule has 0 aromatic heterocycles. The van der Waals surface area contributed by atoms with E-state index in [1.807, 2.05) is 18.2 Å². The third kappa shape index (κ3) is 2.70. The summed E-state index contributed by atoms with van der Waals surface area (Å²) in [6.45, 7) is 3.27. The van der Waals surface area contributed by atoms with Crippen LogP contribution in [-0.4, -0.2) is 37.3 Å². The molecule has 1 fully saturated rings. The van der Waals surface area contributed by atoms with E-state index in [1.54, 1.807) is 0 Å². The maximum Gasteiger partial charge on any atom is 0.171 e. The Morgan fingerprint density at radius 1 is 1.41 bits per heavy atom. The molecule has 2 rings (SSSR count). The molecule has 1 saturated heterocycles. The van der Waals surface area contributed by atoms with Gasteiger partial charge >= 0.3 is 0 Å². The van der Waals surface area contributed by atoms with Crippen molar-refractivity contribution >= 4 is 27.5 Å². The number of halogens is 1. The van der Waals surface area contributed by atoms with Crippen LogP contribution in [-0.2, 0) is 4.74 Å². The number of ether oxygens (including phenoxy) is 1. The van der Waals surface area contributed by atoms with Crippen LogP contribution >= 0.6 is 15.9 Å². The first kappa shape index (κ1) is 12.2. The van der Waals surface area contributed by atoms with E-state index >= 15 is 0 Å². The second-order valence-electron chi connectivity index (χ2n) is 3.75. The molecule has 0 atom stereocenters. The lowest BCUT2D eigenvalue weighted by atomic mass is 10.1. The van der Waals surface area contributed by atoms with Crippen molar-refractivity contribution in [3.63, 3.8) is 0 Å². The highest BCUT2D eigenvalue weighted by atomic mass is 79.9. The van der Waals surface area contributed by atoms with Crippen molar-refractivity contribution in [2.24, 2.45) is 10.9 Å². The van der Waals surface area contributed by atoms with Crippen molar-refractivity contribution in [3.8, 4) is 0 Å². The molecule has 1 aliphatic heterocycles. The molecule has 1 aromatic rings. The van der Waals surface area contributed by atoms with Crippen molar-refractivity contribution in [1.82, 2.24) is 0 Å². The highest BCUT2D eigenvalue weighted by Crippen LogP contribution is 2.24. The molecule has 0 radical (unpaired) electrons. The standard InChI is InChI=1S/C11H14BrN3O2/c12-10-7-8(15-3-5-17-6-4-15)1-2-9(10)11(13)14-16/h1-2,7,16H,3-6H2,(H2,13,14). The highest BCUT2D eigenvalue weighted by Gasteiger charge is 2.13. The predicted molar refractivity (Wildman–Crippen MR) is 69.7 cm³/mol. The molecule has 0 bridgehead atoms. The number of anilines is 1. The van der Waals surface area contributed by atoms with Gasteiger partial charge in [0.25, 0.3) is 0 Å². The third-order valence-electron chi connectivity index (χ3n) is 2.71. The molecule has 5 nitrogen and oxygen atoms in total. The molecule has 0 amide bonds. The van der Waals surface area contributed by atoms with Crippen LogP contribution < -0.4 is 10.6 Å². The Kier molecular flexibility index (Phi) is 3.86. The minimum Gasteiger partial charge on any atom is -0.409 e. The summed E-state index contributed by atoms with van der Waals surface area (Å²) in [4.78, 5) is 2.24. The molecular formula is C11H14BrN3O2. The molecule has 0 spiro atoms. The van der Waals surface area contributed by atoms with E-state index in [9.17, 15) is 0 Å². The molecule has 17 heavy (non-hydrogen) atoms. The Balaban J connectivity index is 2.23. The summed E-state index contributed by atoms with van der Waals surface area (Å²) in [6.07, 6.45) is 0. The lowest BCUT2D eigenvalue weighted by Gasteiger charge is -2.29. The monoisotopic (exact) mass is 299 g/mol. The average Bonchev–Trinajstić information content (AvgIpc) is 2.39. The number of benzene rings is 1. The summed E-state index contributed by atoms with van der Waals surface area (Å²) < 4.78 is 6.12. The summed E-state index contributed by atoms with van der Waals surface area (Å²) in [5.74, 6) is 0.102. The van der Waals surface area contributed by atoms with Gasteiger partial charge < -0.3 is 20.6 Å². The first-order valence-electron chi connectivity index (χ1n) is 5.32. The predicted octanol–water partition coefficient (Wildman–Crippen LogP) is 1.38. The van der Waals surface area contributed by atoms with Crippen molar-refractivity contribution in [3.05, 3.63) is 28.2 Å². The van der Waals surface area contributed by atoms with Gasteiger partial charge in [0, 0.05) is 28.8 Å². The van der Waals surface area contributed by atoms with Gasteiger partial charge in [0.15, 0.2) is 5.84 Å². The molecular weight excluding hydrogens is 286 g/mol. The summed E-state index contributed by atoms with van der Waals surface area (Å²) in [5, 5.41) is 11.6. The summed E-state index contributed by atoms with van der Waals surface area (Å²) in [5.41, 5.74) is 7.35. The van der Waals surface area contributed by atoms with Crippen molar-refractivity contribution in [1.29, 1.82) is 0 Å². The molecule has 92 valence electrons. The van der Waals surface area contributed by atoms with Crippen LogP contribution in [0, 0.1) is 0 Å². The zero-order valence-corrected chi connectivity index (χ0v) is 10.9. The van der Waals surface area contributed by atoms with Gasteiger partial charge in [-0.05, 0) is 34.1 Å². The van der Waals surface area contributed by atoms with Crippen molar-refractivity contribution in [2.45, 2.75) is 0 Å². The lowest BCUT2D eigenvalue weighted by molar-refractivity contribution is 0.122. The smallest absolute Gasteiger partial charge is 0.171 e. The number of nitrogens with zero attached hydrogens (tertiary/aromatic N) is 2. The summed E-state index contributed by atoms with van der Waals surface area (Å²) in [6, 6.07) is 5.77. The summed E-state index contributed by atoms with van der Waals surface area (Å²) >= 11 is 3.43. The van der Waals surface area contributed by atoms with Crippen LogP contribution in [0.5, 0.6) is 0 Å². The molecule has 3 N–H and O–H groups in total. The molecule has 1 aliphatic rings. The number of amidine groups is 1. The fourth-order valence-electron chi connectivity index (χ4n) is 1.78. The molecule has 0 unspecified atom stereocenters. The number of nitrogens with two attached hydrogens (primary N) is 1. The number of hydrogen-bond acceptors (Lipinski definition) is 4. The molecule has 0 saturated carbocycles. The van der Waals surface area contributed by atoms with Crippen LogP contribution in [0.25, 0.3) is 0 Å². The Morgan fingerprint density at radius 3 is 2.71 bits per heavy atom. The number of morpholine rings is 1. The van der Waals surface area contributed by atoms with E-state index in [0.717, 1.165) is 36.5 Å². The first-order valence-corrected chi connectivity index (χ1v) is 6.12. The fraction of sp³-hybridized carbons (Fsp3) is 0.364. The van der Waals surface area contributed by atoms with Crippen LogP contribution in [0.2, 0.25) is 0 Å². The molecule has 0 aliphatic carbocycles. The fourth-order valence-corrected chi connectivity index (χ4v) is 2.35. The van der Waals surface area contributed by atoms with Gasteiger partial charge in [0.1, 0.15) is 0 Å². The number of rotatable bonds is 2. The normalized spacial score (nSPS) is 17.2. The van der Waals surface area contributed by atoms with Gasteiger partial charge in [-0.1, -0.05) is 5.16 Å². The lowest BCUT2D eigenvalue weighted by Crippen LogP contribution is -2.36. The van der Waals surface area contributed by atoms with E-state index in [1.165, 1.54) is 0 Å².